The summed E-state index contributed by atoms with van der Waals surface area (Å²) in [4.78, 5) is 45.6. The largest absolute Gasteiger partial charge is 0.444 e. The molecular weight excluding hydrogens is 697 g/mol. The third-order valence-electron chi connectivity index (χ3n) is 10.0. The van der Waals surface area contributed by atoms with Crippen molar-refractivity contribution in [2.24, 2.45) is 11.8 Å². The first-order valence-electron chi connectivity index (χ1n) is 18.9. The first-order valence-corrected chi connectivity index (χ1v) is 21.8. The van der Waals surface area contributed by atoms with Gasteiger partial charge in [0.2, 0.25) is 0 Å². The fourth-order valence-electron chi connectivity index (χ4n) is 6.25. The lowest BCUT2D eigenvalue weighted by Crippen LogP contribution is -2.42. The lowest BCUT2D eigenvalue weighted by molar-refractivity contribution is 0.0202. The maximum Gasteiger partial charge on any atom is 0.410 e. The van der Waals surface area contributed by atoms with E-state index in [-0.39, 0.29) is 35.2 Å². The number of rotatable bonds is 5. The van der Waals surface area contributed by atoms with Crippen molar-refractivity contribution in [3.05, 3.63) is 70.8 Å². The Bertz CT molecular complexity index is 1920. The topological polar surface area (TPSA) is 126 Å². The summed E-state index contributed by atoms with van der Waals surface area (Å²) in [7, 11) is -1.94. The number of aromatic amines is 2. The van der Waals surface area contributed by atoms with Gasteiger partial charge in [-0.05, 0) is 115 Å². The van der Waals surface area contributed by atoms with Crippen LogP contribution in [0.4, 0.5) is 9.59 Å². The fourth-order valence-corrected chi connectivity index (χ4v) is 7.34. The molecule has 12 heteroatoms. The van der Waals surface area contributed by atoms with Gasteiger partial charge in [-0.2, -0.15) is 0 Å². The smallest absolute Gasteiger partial charge is 0.410 e. The second-order valence-electron chi connectivity index (χ2n) is 18.3. The average Bonchev–Trinajstić information content (AvgIpc) is 3.86. The lowest BCUT2D eigenvalue weighted by atomic mass is 10.1. The molecule has 4 atom stereocenters. The van der Waals surface area contributed by atoms with Crippen molar-refractivity contribution in [2.45, 2.75) is 123 Å². The number of hydrogen-bond donors (Lipinski definition) is 2. The van der Waals surface area contributed by atoms with Crippen LogP contribution in [0, 0.1) is 35.5 Å². The van der Waals surface area contributed by atoms with Crippen LogP contribution in [0.5, 0.6) is 0 Å². The maximum atomic E-state index is 13.3. The summed E-state index contributed by atoms with van der Waals surface area (Å²) in [5, 5.41) is 0.104. The fraction of sp³-hybridized carbons (Fsp3) is 0.571. The van der Waals surface area contributed by atoms with Gasteiger partial charge in [-0.15, -0.1) is 0 Å². The number of carbonyl (C=O) groups excluding carboxylic acids is 2. The molecule has 0 radical (unpaired) electrons. The van der Waals surface area contributed by atoms with Gasteiger partial charge >= 0.3 is 12.2 Å². The van der Waals surface area contributed by atoms with Crippen molar-refractivity contribution in [2.75, 3.05) is 19.7 Å². The van der Waals surface area contributed by atoms with Crippen LogP contribution in [-0.4, -0.2) is 81.1 Å². The monoisotopic (exact) mass is 754 g/mol. The molecule has 2 N–H and O–H groups in total. The summed E-state index contributed by atoms with van der Waals surface area (Å²) in [6, 6.07) is 7.27. The Balaban J connectivity index is 1.23. The van der Waals surface area contributed by atoms with E-state index in [9.17, 15) is 9.59 Å². The Kier molecular flexibility index (Phi) is 11.8. The molecule has 2 aliphatic heterocycles. The van der Waals surface area contributed by atoms with Crippen molar-refractivity contribution in [3.63, 3.8) is 0 Å². The Labute approximate surface area is 322 Å². The number of ether oxygens (including phenoxy) is 2. The van der Waals surface area contributed by atoms with E-state index in [1.165, 1.54) is 0 Å². The predicted molar refractivity (Wildman–Crippen MR) is 212 cm³/mol. The minimum Gasteiger partial charge on any atom is -0.444 e. The highest BCUT2D eigenvalue weighted by Gasteiger charge is 2.43. The minimum atomic E-state index is -1.94. The van der Waals surface area contributed by atoms with Crippen LogP contribution in [0.25, 0.3) is 0 Å². The van der Waals surface area contributed by atoms with Gasteiger partial charge in [0.05, 0.1) is 24.5 Å². The third kappa shape index (κ3) is 10.6. The van der Waals surface area contributed by atoms with Gasteiger partial charge in [0.15, 0.2) is 8.32 Å². The van der Waals surface area contributed by atoms with Gasteiger partial charge in [-0.1, -0.05) is 39.5 Å². The van der Waals surface area contributed by atoms with E-state index in [2.05, 4.69) is 84.4 Å². The van der Waals surface area contributed by atoms with Crippen molar-refractivity contribution in [1.29, 1.82) is 0 Å². The van der Waals surface area contributed by atoms with E-state index in [0.29, 0.717) is 48.7 Å². The second-order valence-corrected chi connectivity index (χ2v) is 23.1. The zero-order valence-electron chi connectivity index (χ0n) is 34.1. The number of nitrogens with zero attached hydrogens (tertiary/aromatic N) is 4. The number of carbonyl (C=O) groups is 2. The Morgan fingerprint density at radius 1 is 0.741 bits per heavy atom. The number of imidazole rings is 2. The first kappa shape index (κ1) is 40.7. The SMILES string of the molecule is CC1CC(c2ncc(C#Cc3ccc(C#Cc4cnc([C@@H]5C[C@H](CO[Si](C)(C)C(C)(C)C)CN5C(=O)OC(C)(C)C)[nH]4)cc3)[nH]2)N(C(=O)OC(C)(C)C)C1. The van der Waals surface area contributed by atoms with Crippen LogP contribution in [0.15, 0.2) is 36.7 Å². The third-order valence-corrected chi connectivity index (χ3v) is 14.5. The van der Waals surface area contributed by atoms with Crippen molar-refractivity contribution >= 4 is 20.5 Å². The highest BCUT2D eigenvalue weighted by atomic mass is 28.4. The molecule has 2 fully saturated rings. The molecule has 54 heavy (non-hydrogen) atoms. The highest BCUT2D eigenvalue weighted by molar-refractivity contribution is 6.74. The highest BCUT2D eigenvalue weighted by Crippen LogP contribution is 2.40. The maximum absolute atomic E-state index is 13.3. The number of benzene rings is 1. The van der Waals surface area contributed by atoms with E-state index in [1.54, 1.807) is 22.2 Å². The van der Waals surface area contributed by atoms with Gasteiger partial charge in [0, 0.05) is 36.7 Å². The van der Waals surface area contributed by atoms with E-state index in [1.807, 2.05) is 65.8 Å². The summed E-state index contributed by atoms with van der Waals surface area (Å²) in [6.07, 6.45) is 4.27. The number of aromatic nitrogens is 4. The summed E-state index contributed by atoms with van der Waals surface area (Å²) in [6.45, 7) is 26.3. The average molecular weight is 755 g/mol. The van der Waals surface area contributed by atoms with E-state index < -0.39 is 19.5 Å². The normalized spacial score (nSPS) is 20.6. The van der Waals surface area contributed by atoms with Crippen molar-refractivity contribution in [1.82, 2.24) is 29.7 Å². The molecule has 0 bridgehead atoms. The summed E-state index contributed by atoms with van der Waals surface area (Å²) in [5.74, 6) is 14.6. The molecule has 11 nitrogen and oxygen atoms in total. The Morgan fingerprint density at radius 3 is 1.63 bits per heavy atom. The number of likely N-dealkylation sites (tertiary alicyclic amines) is 2. The van der Waals surface area contributed by atoms with Crippen LogP contribution >= 0.6 is 0 Å². The minimum absolute atomic E-state index is 0.104. The lowest BCUT2D eigenvalue weighted by Gasteiger charge is -2.37. The predicted octanol–water partition coefficient (Wildman–Crippen LogP) is 8.57. The molecule has 2 aliphatic rings. The first-order chi connectivity index (χ1) is 25.1. The molecule has 2 saturated heterocycles. The molecule has 3 aromatic rings. The van der Waals surface area contributed by atoms with Gasteiger partial charge in [-0.25, -0.2) is 19.6 Å². The Hall–Kier alpha value is -4.52. The molecule has 1 aromatic carbocycles. The molecule has 2 amide bonds. The zero-order chi connectivity index (χ0) is 39.6. The molecule has 5 rings (SSSR count). The van der Waals surface area contributed by atoms with Crippen LogP contribution in [-0.2, 0) is 13.9 Å². The molecular formula is C42H58N6O5Si. The van der Waals surface area contributed by atoms with Crippen LogP contribution in [0.1, 0.15) is 128 Å². The molecule has 0 spiro atoms. The summed E-state index contributed by atoms with van der Waals surface area (Å²) < 4.78 is 18.0. The second kappa shape index (κ2) is 15.7. The van der Waals surface area contributed by atoms with E-state index in [4.69, 9.17) is 13.9 Å². The zero-order valence-corrected chi connectivity index (χ0v) is 35.1. The van der Waals surface area contributed by atoms with Crippen molar-refractivity contribution < 1.29 is 23.5 Å². The number of hydrogen-bond acceptors (Lipinski definition) is 7. The van der Waals surface area contributed by atoms with Crippen LogP contribution < -0.4 is 0 Å². The van der Waals surface area contributed by atoms with Crippen LogP contribution in [0.2, 0.25) is 18.1 Å². The summed E-state index contributed by atoms with van der Waals surface area (Å²) >= 11 is 0. The quantitative estimate of drug-likeness (QED) is 0.198. The molecule has 0 aliphatic carbocycles. The van der Waals surface area contributed by atoms with Gasteiger partial charge in [0.25, 0.3) is 0 Å². The number of nitrogens with one attached hydrogen (secondary N) is 2. The van der Waals surface area contributed by atoms with E-state index >= 15 is 0 Å². The van der Waals surface area contributed by atoms with Gasteiger partial charge in [-0.3, -0.25) is 9.80 Å². The molecule has 2 unspecified atom stereocenters. The van der Waals surface area contributed by atoms with E-state index in [0.717, 1.165) is 24.0 Å². The van der Waals surface area contributed by atoms with Crippen LogP contribution in [0.3, 0.4) is 0 Å². The standard InChI is InChI=1S/C42H58N6O5Si/c1-28-21-34(47(25-28)38(49)52-40(2,3)4)36-43-23-32(45-36)19-17-29-13-15-30(16-14-29)18-20-33-24-44-37(46-33)35-22-31(27-51-54(11,12)42(8,9)10)26-48(35)39(50)53-41(5,6)7/h13-16,23-24,28,31,34-35H,21-22,25-27H2,1-12H3,(H,43,45)(H,44,46)/t28?,31-,34?,35-/m0/s1. The van der Waals surface area contributed by atoms with Gasteiger partial charge in [0.1, 0.15) is 34.2 Å². The Morgan fingerprint density at radius 2 is 1.19 bits per heavy atom. The molecule has 290 valence electrons. The molecule has 0 saturated carbocycles. The van der Waals surface area contributed by atoms with Crippen molar-refractivity contribution in [3.8, 4) is 23.7 Å². The van der Waals surface area contributed by atoms with Gasteiger partial charge < -0.3 is 23.9 Å². The number of amides is 2. The number of H-pyrrole nitrogens is 2. The molecule has 2 aromatic heterocycles. The molecule has 4 heterocycles. The summed E-state index contributed by atoms with van der Waals surface area (Å²) in [5.41, 5.74) is 1.83.